The Morgan fingerprint density at radius 3 is 2.48 bits per heavy atom. The number of unbranched alkanes of at least 4 members (excludes halogenated alkanes) is 1. The number of allylic oxidation sites excluding steroid dienone is 1. The van der Waals surface area contributed by atoms with Crippen LogP contribution in [0.4, 0.5) is 0 Å². The van der Waals surface area contributed by atoms with E-state index in [0.717, 1.165) is 5.56 Å². The number of carbonyl (C=O) groups is 3. The molecule has 0 aromatic heterocycles. The number of hydrogen-bond donors (Lipinski definition) is 1. The maximum atomic E-state index is 15.0. The van der Waals surface area contributed by atoms with Crippen LogP contribution in [-0.4, -0.2) is 86.6 Å². The van der Waals surface area contributed by atoms with E-state index in [4.69, 9.17) is 9.47 Å². The van der Waals surface area contributed by atoms with Crippen LogP contribution in [0.15, 0.2) is 55.6 Å². The largest absolute Gasteiger partial charge is 0.465 e. The minimum Gasteiger partial charge on any atom is -0.465 e. The average Bonchev–Trinajstić information content (AvgIpc) is 3.54. The summed E-state index contributed by atoms with van der Waals surface area (Å²) in [6, 6.07) is 7.87. The first-order valence-electron chi connectivity index (χ1n) is 15.7. The van der Waals surface area contributed by atoms with Crippen LogP contribution in [-0.2, 0) is 30.3 Å². The van der Waals surface area contributed by atoms with E-state index in [1.54, 1.807) is 22.0 Å². The van der Waals surface area contributed by atoms with Gasteiger partial charge in [0.05, 0.1) is 37.2 Å². The SMILES string of the molecule is C=CCCCOC(=O)[C@H]1[C@H]2C(=O)N([C@@H](CO)Cc3ccccc3)C(C(=O)N(CC=C)C(C)(C)CC(C)(C)C)C23CC(Br)[C@@H]1O3. The molecular weight excluding hydrogens is 624 g/mol. The molecule has 1 spiro atoms. The number of halogens is 1. The van der Waals surface area contributed by atoms with E-state index in [1.165, 1.54) is 0 Å². The summed E-state index contributed by atoms with van der Waals surface area (Å²) in [5, 5.41) is 10.8. The van der Waals surface area contributed by atoms with Gasteiger partial charge in [-0.3, -0.25) is 14.4 Å². The van der Waals surface area contributed by atoms with Gasteiger partial charge in [-0.05, 0) is 56.9 Å². The molecule has 3 aliphatic heterocycles. The van der Waals surface area contributed by atoms with Gasteiger partial charge in [-0.2, -0.15) is 0 Å². The van der Waals surface area contributed by atoms with Crippen molar-refractivity contribution in [3.05, 3.63) is 61.2 Å². The Morgan fingerprint density at radius 2 is 1.89 bits per heavy atom. The lowest BCUT2D eigenvalue weighted by atomic mass is 9.70. The van der Waals surface area contributed by atoms with Crippen molar-refractivity contribution in [2.24, 2.45) is 17.3 Å². The number of carbonyl (C=O) groups excluding carboxylic acids is 3. The highest BCUT2D eigenvalue weighted by molar-refractivity contribution is 9.09. The number of amides is 2. The second kappa shape index (κ2) is 13.5. The molecule has 3 aliphatic rings. The van der Waals surface area contributed by atoms with E-state index in [9.17, 15) is 14.7 Å². The van der Waals surface area contributed by atoms with Gasteiger partial charge in [0.15, 0.2) is 0 Å². The fraction of sp³-hybridized carbons (Fsp3) is 0.629. The van der Waals surface area contributed by atoms with Crippen LogP contribution in [0.1, 0.15) is 65.9 Å². The predicted molar refractivity (Wildman–Crippen MR) is 174 cm³/mol. The second-order valence-corrected chi connectivity index (χ2v) is 15.5. The summed E-state index contributed by atoms with van der Waals surface area (Å²) in [5.74, 6) is -2.86. The number of esters is 1. The third-order valence-electron chi connectivity index (χ3n) is 9.22. The van der Waals surface area contributed by atoms with Crippen molar-refractivity contribution < 1.29 is 29.0 Å². The van der Waals surface area contributed by atoms with Gasteiger partial charge in [0.1, 0.15) is 11.6 Å². The third kappa shape index (κ3) is 6.56. The van der Waals surface area contributed by atoms with Crippen molar-refractivity contribution in [1.29, 1.82) is 0 Å². The molecule has 1 N–H and O–H groups in total. The Bertz CT molecular complexity index is 1230. The van der Waals surface area contributed by atoms with Gasteiger partial charge in [0.2, 0.25) is 11.8 Å². The first-order valence-corrected chi connectivity index (χ1v) is 16.6. The van der Waals surface area contributed by atoms with Gasteiger partial charge in [-0.1, -0.05) is 79.2 Å². The molecule has 3 heterocycles. The summed E-state index contributed by atoms with van der Waals surface area (Å²) in [6.07, 6.45) is 5.63. The maximum Gasteiger partial charge on any atom is 0.312 e. The summed E-state index contributed by atoms with van der Waals surface area (Å²) >= 11 is 3.73. The van der Waals surface area contributed by atoms with Crippen LogP contribution < -0.4 is 0 Å². The van der Waals surface area contributed by atoms with Gasteiger partial charge in [0.25, 0.3) is 0 Å². The number of nitrogens with zero attached hydrogens (tertiary/aromatic N) is 2. The number of likely N-dealkylation sites (tertiary alicyclic amines) is 1. The van der Waals surface area contributed by atoms with E-state index in [0.29, 0.717) is 32.1 Å². The summed E-state index contributed by atoms with van der Waals surface area (Å²) in [7, 11) is 0. The lowest BCUT2D eigenvalue weighted by Crippen LogP contribution is -2.63. The first kappa shape index (κ1) is 34.4. The number of benzene rings is 1. The normalized spacial score (nSPS) is 28.5. The van der Waals surface area contributed by atoms with Crippen molar-refractivity contribution in [3.8, 4) is 0 Å². The minimum atomic E-state index is -1.25. The Hall–Kier alpha value is -2.49. The zero-order valence-corrected chi connectivity index (χ0v) is 28.4. The summed E-state index contributed by atoms with van der Waals surface area (Å²) < 4.78 is 12.4. The van der Waals surface area contributed by atoms with E-state index in [1.807, 2.05) is 44.2 Å². The number of hydrogen-bond acceptors (Lipinski definition) is 6. The Balaban J connectivity index is 1.80. The molecule has 0 aliphatic carbocycles. The van der Waals surface area contributed by atoms with Crippen molar-refractivity contribution >= 4 is 33.7 Å². The molecule has 4 rings (SSSR count). The molecule has 9 heteroatoms. The molecule has 0 saturated carbocycles. The van der Waals surface area contributed by atoms with Crippen molar-refractivity contribution in [1.82, 2.24) is 9.80 Å². The van der Waals surface area contributed by atoms with Crippen LogP contribution in [0, 0.1) is 17.3 Å². The highest BCUT2D eigenvalue weighted by Crippen LogP contribution is 2.61. The number of fused-ring (bicyclic) bond motifs is 1. The van der Waals surface area contributed by atoms with E-state index >= 15 is 4.79 Å². The number of aliphatic hydroxyl groups is 1. The molecule has 0 radical (unpaired) electrons. The summed E-state index contributed by atoms with van der Waals surface area (Å²) in [4.78, 5) is 46.4. The van der Waals surface area contributed by atoms with Crippen LogP contribution in [0.3, 0.4) is 0 Å². The standard InChI is InChI=1S/C35H49BrN2O6/c1-8-10-14-18-43-32(42)26-27-30(40)38(24(21-39)19-23-15-12-11-13-16-23)29(35(27)20-25(36)28(26)44-35)31(41)37(17-9-2)34(6,7)22-33(3,4)5/h8-9,11-13,15-16,24-29,39H,1-2,10,14,17-22H2,3-7H3/t24-,25?,26+,27+,28+,29?,35?/m1/s1. The molecule has 3 saturated heterocycles. The zero-order chi connectivity index (χ0) is 32.4. The van der Waals surface area contributed by atoms with Crippen molar-refractivity contribution in [3.63, 3.8) is 0 Å². The Labute approximate surface area is 271 Å². The molecule has 1 aromatic carbocycles. The van der Waals surface area contributed by atoms with E-state index in [-0.39, 0.29) is 41.8 Å². The van der Waals surface area contributed by atoms with E-state index < -0.39 is 47.1 Å². The highest BCUT2D eigenvalue weighted by Gasteiger charge is 2.77. The van der Waals surface area contributed by atoms with Crippen LogP contribution in [0.25, 0.3) is 0 Å². The lowest BCUT2D eigenvalue weighted by Gasteiger charge is -2.46. The number of rotatable bonds is 14. The molecule has 44 heavy (non-hydrogen) atoms. The number of ether oxygens (including phenoxy) is 2. The quantitative estimate of drug-likeness (QED) is 0.128. The fourth-order valence-electron chi connectivity index (χ4n) is 7.95. The maximum absolute atomic E-state index is 15.0. The molecule has 2 amide bonds. The molecule has 3 fully saturated rings. The molecule has 3 unspecified atom stereocenters. The first-order chi connectivity index (χ1) is 20.7. The van der Waals surface area contributed by atoms with Gasteiger partial charge >= 0.3 is 5.97 Å². The smallest absolute Gasteiger partial charge is 0.312 e. The molecule has 242 valence electrons. The number of alkyl halides is 1. The fourth-order valence-corrected chi connectivity index (χ4v) is 8.89. The molecular formula is C35H49BrN2O6. The third-order valence-corrected chi connectivity index (χ3v) is 10.1. The molecule has 7 atom stereocenters. The van der Waals surface area contributed by atoms with Crippen molar-refractivity contribution in [2.75, 3.05) is 19.8 Å². The van der Waals surface area contributed by atoms with Crippen LogP contribution in [0.5, 0.6) is 0 Å². The molecule has 1 aromatic rings. The minimum absolute atomic E-state index is 0.0835. The average molecular weight is 674 g/mol. The molecule has 2 bridgehead atoms. The predicted octanol–water partition coefficient (Wildman–Crippen LogP) is 5.08. The lowest BCUT2D eigenvalue weighted by molar-refractivity contribution is -0.158. The van der Waals surface area contributed by atoms with Gasteiger partial charge in [-0.25, -0.2) is 0 Å². The van der Waals surface area contributed by atoms with Gasteiger partial charge < -0.3 is 24.4 Å². The summed E-state index contributed by atoms with van der Waals surface area (Å²) in [5.41, 5.74) is -0.994. The highest BCUT2D eigenvalue weighted by atomic mass is 79.9. The topological polar surface area (TPSA) is 96.4 Å². The van der Waals surface area contributed by atoms with Crippen LogP contribution >= 0.6 is 15.9 Å². The Kier molecular flexibility index (Phi) is 10.5. The number of aliphatic hydroxyl groups excluding tert-OH is 1. The van der Waals surface area contributed by atoms with Gasteiger partial charge in [0, 0.05) is 16.9 Å². The molecule has 8 nitrogen and oxygen atoms in total. The second-order valence-electron chi connectivity index (χ2n) is 14.3. The zero-order valence-electron chi connectivity index (χ0n) is 26.8. The van der Waals surface area contributed by atoms with Crippen molar-refractivity contribution in [2.45, 2.75) is 101 Å². The Morgan fingerprint density at radius 1 is 1.20 bits per heavy atom. The summed E-state index contributed by atoms with van der Waals surface area (Å²) in [6.45, 7) is 18.3. The monoisotopic (exact) mass is 672 g/mol. The van der Waals surface area contributed by atoms with Gasteiger partial charge in [-0.15, -0.1) is 13.2 Å². The van der Waals surface area contributed by atoms with E-state index in [2.05, 4.69) is 49.9 Å². The van der Waals surface area contributed by atoms with Crippen LogP contribution in [0.2, 0.25) is 0 Å².